The minimum absolute atomic E-state index is 0.0284. The van der Waals surface area contributed by atoms with Crippen LogP contribution in [-0.2, 0) is 15.3 Å². The molecule has 4 rings (SSSR count). The molecule has 32 heavy (non-hydrogen) atoms. The van der Waals surface area contributed by atoms with Crippen LogP contribution in [0.15, 0.2) is 58.5 Å². The Hall–Kier alpha value is -2.93. The smallest absolute Gasteiger partial charge is 0.259 e. The molecule has 0 unspecified atom stereocenters. The first-order valence-corrected chi connectivity index (χ1v) is 12.1. The van der Waals surface area contributed by atoms with Gasteiger partial charge in [0.25, 0.3) is 5.91 Å². The molecule has 2 aliphatic rings. The molecule has 2 aromatic rings. The second-order valence-corrected chi connectivity index (χ2v) is 9.01. The van der Waals surface area contributed by atoms with Crippen LogP contribution in [0.5, 0.6) is 0 Å². The first kappa shape index (κ1) is 22.3. The normalized spacial score (nSPS) is 16.9. The maximum absolute atomic E-state index is 13.3. The maximum atomic E-state index is 13.3. The predicted octanol–water partition coefficient (Wildman–Crippen LogP) is 4.58. The summed E-state index contributed by atoms with van der Waals surface area (Å²) in [6.07, 6.45) is 2.68. The van der Waals surface area contributed by atoms with Gasteiger partial charge in [-0.05, 0) is 37.5 Å². The number of carbonyl (C=O) groups excluding carboxylic acids is 2. The highest BCUT2D eigenvalue weighted by molar-refractivity contribution is 8.13. The lowest BCUT2D eigenvalue weighted by molar-refractivity contribution is -0.125. The van der Waals surface area contributed by atoms with Crippen molar-refractivity contribution in [3.8, 4) is 0 Å². The van der Waals surface area contributed by atoms with E-state index < -0.39 is 6.04 Å². The Morgan fingerprint density at radius 3 is 2.72 bits per heavy atom. The number of fused-ring (bicyclic) bond motifs is 3. The van der Waals surface area contributed by atoms with Crippen LogP contribution in [0.3, 0.4) is 0 Å². The third-order valence-corrected chi connectivity index (χ3v) is 6.54. The zero-order valence-electron chi connectivity index (χ0n) is 18.5. The number of nitrogens with zero attached hydrogens (tertiary/aromatic N) is 3. The molecule has 0 bridgehead atoms. The van der Waals surface area contributed by atoms with Crippen LogP contribution in [0.4, 0.5) is 5.69 Å². The van der Waals surface area contributed by atoms with Crippen molar-refractivity contribution < 1.29 is 9.59 Å². The molecule has 0 spiro atoms. The highest BCUT2D eigenvalue weighted by atomic mass is 32.2. The number of thioether (sulfide) groups is 1. The molecule has 166 valence electrons. The van der Waals surface area contributed by atoms with Gasteiger partial charge in [0, 0.05) is 24.3 Å². The molecule has 0 radical (unpaired) electrons. The number of para-hydroxylation sites is 1. The van der Waals surface area contributed by atoms with Gasteiger partial charge in [0.15, 0.2) is 5.17 Å². The zero-order valence-corrected chi connectivity index (χ0v) is 19.3. The number of aryl methyl sites for hydroxylation is 1. The van der Waals surface area contributed by atoms with E-state index in [4.69, 9.17) is 9.98 Å². The molecule has 1 N–H and O–H groups in total. The van der Waals surface area contributed by atoms with E-state index in [1.807, 2.05) is 24.3 Å². The lowest BCUT2D eigenvalue weighted by Crippen LogP contribution is -2.41. The Labute approximate surface area is 193 Å². The molecule has 0 saturated carbocycles. The number of unbranched alkanes of at least 4 members (excludes halogenated alkanes) is 1. The standard InChI is InChI=1S/C25H28N4O2S/c1-3-4-15-26-22(30)14-13-21-24(31)29-23(27-21)19-7-5-6-8-20(19)28-25(29)32-16-18-11-9-17(2)10-12-18/h5-12,21H,3-4,13-16H2,1-2H3,(H,26,30)/t21-/m1/s1. The first-order chi connectivity index (χ1) is 15.6. The van der Waals surface area contributed by atoms with Crippen molar-refractivity contribution in [3.05, 3.63) is 65.2 Å². The van der Waals surface area contributed by atoms with Crippen LogP contribution < -0.4 is 5.32 Å². The SMILES string of the molecule is CCCCNC(=O)CC[C@H]1N=C2c3ccccc3N=C(SCc3ccc(C)cc3)N2C1=O. The molecule has 0 saturated heterocycles. The van der Waals surface area contributed by atoms with Gasteiger partial charge in [-0.2, -0.15) is 0 Å². The van der Waals surface area contributed by atoms with Crippen molar-refractivity contribution in [3.63, 3.8) is 0 Å². The van der Waals surface area contributed by atoms with Crippen LogP contribution in [0, 0.1) is 6.92 Å². The molecular formula is C25H28N4O2S. The van der Waals surface area contributed by atoms with Gasteiger partial charge < -0.3 is 5.32 Å². The molecule has 6 nitrogen and oxygen atoms in total. The molecule has 2 amide bonds. The average molecular weight is 449 g/mol. The Balaban J connectivity index is 1.50. The first-order valence-electron chi connectivity index (χ1n) is 11.1. The lowest BCUT2D eigenvalue weighted by Gasteiger charge is -2.25. The van der Waals surface area contributed by atoms with E-state index in [1.165, 1.54) is 22.9 Å². The van der Waals surface area contributed by atoms with Crippen LogP contribution in [0.2, 0.25) is 0 Å². The van der Waals surface area contributed by atoms with E-state index in [-0.39, 0.29) is 18.2 Å². The summed E-state index contributed by atoms with van der Waals surface area (Å²) in [5, 5.41) is 3.55. The molecule has 0 fully saturated rings. The van der Waals surface area contributed by atoms with Crippen molar-refractivity contribution >= 4 is 40.3 Å². The fourth-order valence-corrected chi connectivity index (χ4v) is 4.64. The monoisotopic (exact) mass is 448 g/mol. The van der Waals surface area contributed by atoms with Gasteiger partial charge in [0.1, 0.15) is 11.9 Å². The Morgan fingerprint density at radius 2 is 1.94 bits per heavy atom. The molecular weight excluding hydrogens is 420 g/mol. The fourth-order valence-electron chi connectivity index (χ4n) is 3.68. The van der Waals surface area contributed by atoms with Gasteiger partial charge in [-0.25, -0.2) is 9.89 Å². The van der Waals surface area contributed by atoms with Crippen LogP contribution in [0.25, 0.3) is 0 Å². The van der Waals surface area contributed by atoms with Gasteiger partial charge in [0.05, 0.1) is 5.69 Å². The molecule has 2 aliphatic heterocycles. The van der Waals surface area contributed by atoms with Gasteiger partial charge in [-0.3, -0.25) is 14.6 Å². The van der Waals surface area contributed by atoms with Crippen LogP contribution in [0.1, 0.15) is 49.3 Å². The number of hydrogen-bond acceptors (Lipinski definition) is 5. The summed E-state index contributed by atoms with van der Waals surface area (Å²) in [4.78, 5) is 36.6. The molecule has 0 aliphatic carbocycles. The van der Waals surface area contributed by atoms with Crippen molar-refractivity contribution in [1.29, 1.82) is 0 Å². The number of hydrogen-bond donors (Lipinski definition) is 1. The summed E-state index contributed by atoms with van der Waals surface area (Å²) in [5.41, 5.74) is 4.07. The Morgan fingerprint density at radius 1 is 1.16 bits per heavy atom. The van der Waals surface area contributed by atoms with Gasteiger partial charge in [-0.1, -0.05) is 67.1 Å². The Bertz CT molecular complexity index is 1060. The van der Waals surface area contributed by atoms with E-state index in [1.54, 1.807) is 4.90 Å². The number of aliphatic imine (C=N–C) groups is 2. The summed E-state index contributed by atoms with van der Waals surface area (Å²) < 4.78 is 0. The van der Waals surface area contributed by atoms with Crippen molar-refractivity contribution in [2.45, 2.75) is 51.3 Å². The van der Waals surface area contributed by atoms with Crippen molar-refractivity contribution in [1.82, 2.24) is 10.2 Å². The van der Waals surface area contributed by atoms with Crippen molar-refractivity contribution in [2.75, 3.05) is 6.54 Å². The minimum atomic E-state index is -0.557. The Kier molecular flexibility index (Phi) is 7.05. The summed E-state index contributed by atoms with van der Waals surface area (Å²) in [7, 11) is 0. The predicted molar refractivity (Wildman–Crippen MR) is 130 cm³/mol. The average Bonchev–Trinajstić information content (AvgIpc) is 3.14. The minimum Gasteiger partial charge on any atom is -0.356 e. The van der Waals surface area contributed by atoms with Crippen LogP contribution in [-0.4, -0.2) is 40.3 Å². The second-order valence-electron chi connectivity index (χ2n) is 8.07. The fraction of sp³-hybridized carbons (Fsp3) is 0.360. The molecule has 7 heteroatoms. The van der Waals surface area contributed by atoms with E-state index >= 15 is 0 Å². The van der Waals surface area contributed by atoms with E-state index in [9.17, 15) is 9.59 Å². The number of nitrogens with one attached hydrogen (secondary N) is 1. The number of rotatable bonds is 8. The number of amides is 2. The largest absolute Gasteiger partial charge is 0.356 e. The lowest BCUT2D eigenvalue weighted by atomic mass is 10.1. The number of amidine groups is 2. The van der Waals surface area contributed by atoms with Crippen molar-refractivity contribution in [2.24, 2.45) is 9.98 Å². The maximum Gasteiger partial charge on any atom is 0.259 e. The highest BCUT2D eigenvalue weighted by Crippen LogP contribution is 2.35. The number of benzene rings is 2. The summed E-state index contributed by atoms with van der Waals surface area (Å²) in [6.45, 7) is 4.83. The van der Waals surface area contributed by atoms with E-state index in [0.717, 1.165) is 24.1 Å². The number of carbonyl (C=O) groups is 2. The zero-order chi connectivity index (χ0) is 22.5. The van der Waals surface area contributed by atoms with E-state index in [0.29, 0.717) is 29.7 Å². The summed E-state index contributed by atoms with van der Waals surface area (Å²) >= 11 is 1.54. The topological polar surface area (TPSA) is 74.1 Å². The third kappa shape index (κ3) is 4.93. The quantitative estimate of drug-likeness (QED) is 0.601. The van der Waals surface area contributed by atoms with E-state index in [2.05, 4.69) is 43.4 Å². The third-order valence-electron chi connectivity index (χ3n) is 5.53. The molecule has 2 aromatic carbocycles. The molecule has 0 aromatic heterocycles. The summed E-state index contributed by atoms with van der Waals surface area (Å²) in [6, 6.07) is 15.6. The van der Waals surface area contributed by atoms with Gasteiger partial charge in [0.2, 0.25) is 5.91 Å². The van der Waals surface area contributed by atoms with Crippen LogP contribution >= 0.6 is 11.8 Å². The second kappa shape index (κ2) is 10.1. The molecule has 2 heterocycles. The van der Waals surface area contributed by atoms with Gasteiger partial charge in [-0.15, -0.1) is 0 Å². The summed E-state index contributed by atoms with van der Waals surface area (Å²) in [5.74, 6) is 1.22. The van der Waals surface area contributed by atoms with Gasteiger partial charge >= 0.3 is 0 Å². The molecule has 1 atom stereocenters. The highest BCUT2D eigenvalue weighted by Gasteiger charge is 2.41.